The maximum Gasteiger partial charge on any atom is 0.317 e. The maximum absolute atomic E-state index is 12.3. The van der Waals surface area contributed by atoms with E-state index in [2.05, 4.69) is 5.32 Å². The number of nitrogens with zero attached hydrogens (tertiary/aromatic N) is 2. The van der Waals surface area contributed by atoms with Crippen molar-refractivity contribution in [1.82, 2.24) is 14.5 Å². The summed E-state index contributed by atoms with van der Waals surface area (Å²) in [5.74, 6) is 0.106. The molecule has 140 valence electrons. The molecule has 0 bridgehead atoms. The van der Waals surface area contributed by atoms with E-state index >= 15 is 0 Å². The maximum atomic E-state index is 12.3. The third-order valence-corrected chi connectivity index (χ3v) is 6.78. The lowest BCUT2D eigenvalue weighted by Crippen LogP contribution is -2.49. The van der Waals surface area contributed by atoms with E-state index < -0.39 is 10.0 Å². The molecule has 0 spiro atoms. The Morgan fingerprint density at radius 1 is 1.32 bits per heavy atom. The van der Waals surface area contributed by atoms with Crippen molar-refractivity contribution in [2.45, 2.75) is 32.4 Å². The Morgan fingerprint density at radius 2 is 1.96 bits per heavy atom. The second kappa shape index (κ2) is 8.58. The molecule has 1 aromatic carbocycles. The van der Waals surface area contributed by atoms with Gasteiger partial charge in [-0.3, -0.25) is 0 Å². The van der Waals surface area contributed by atoms with Gasteiger partial charge in [-0.05, 0) is 37.5 Å². The molecular weight excluding hydrogens is 385 g/mol. The van der Waals surface area contributed by atoms with E-state index in [1.54, 1.807) is 37.1 Å². The van der Waals surface area contributed by atoms with E-state index in [0.717, 1.165) is 5.56 Å². The number of hydrogen-bond donors (Lipinski definition) is 1. The molecular formula is C16H23Cl2N3O3S. The first-order chi connectivity index (χ1) is 11.7. The Hall–Kier alpha value is -1.02. The summed E-state index contributed by atoms with van der Waals surface area (Å²) < 4.78 is 25.2. The lowest BCUT2D eigenvalue weighted by atomic mass is 10.1. The second-order valence-corrected chi connectivity index (χ2v) is 9.22. The van der Waals surface area contributed by atoms with Crippen LogP contribution in [0.15, 0.2) is 18.2 Å². The molecule has 1 heterocycles. The van der Waals surface area contributed by atoms with Crippen LogP contribution in [0.2, 0.25) is 10.0 Å². The van der Waals surface area contributed by atoms with Crippen molar-refractivity contribution in [3.05, 3.63) is 33.8 Å². The molecule has 0 radical (unpaired) electrons. The highest BCUT2D eigenvalue weighted by Crippen LogP contribution is 2.22. The third-order valence-electron chi connectivity index (χ3n) is 4.31. The van der Waals surface area contributed by atoms with Crippen molar-refractivity contribution in [2.75, 3.05) is 25.9 Å². The summed E-state index contributed by atoms with van der Waals surface area (Å²) in [4.78, 5) is 13.9. The molecule has 2 amide bonds. The quantitative estimate of drug-likeness (QED) is 0.815. The molecule has 0 atom stereocenters. The van der Waals surface area contributed by atoms with Crippen molar-refractivity contribution >= 4 is 39.3 Å². The average Bonchev–Trinajstić information content (AvgIpc) is 2.57. The molecule has 0 aliphatic carbocycles. The van der Waals surface area contributed by atoms with Gasteiger partial charge in [0, 0.05) is 42.8 Å². The molecule has 1 aliphatic rings. The lowest BCUT2D eigenvalue weighted by Gasteiger charge is -2.32. The Morgan fingerprint density at radius 3 is 2.52 bits per heavy atom. The Kier molecular flexibility index (Phi) is 6.96. The molecule has 1 fully saturated rings. The van der Waals surface area contributed by atoms with Crippen LogP contribution >= 0.6 is 23.2 Å². The van der Waals surface area contributed by atoms with Crippen LogP contribution in [-0.4, -0.2) is 55.6 Å². The lowest BCUT2D eigenvalue weighted by molar-refractivity contribution is 0.195. The van der Waals surface area contributed by atoms with E-state index in [0.29, 0.717) is 42.5 Å². The number of urea groups is 1. The number of sulfonamides is 1. The zero-order chi connectivity index (χ0) is 18.6. The van der Waals surface area contributed by atoms with Gasteiger partial charge in [0.25, 0.3) is 0 Å². The summed E-state index contributed by atoms with van der Waals surface area (Å²) in [6.45, 7) is 2.88. The van der Waals surface area contributed by atoms with Crippen LogP contribution in [0.3, 0.4) is 0 Å². The molecule has 0 saturated carbocycles. The number of halogens is 2. The van der Waals surface area contributed by atoms with Crippen LogP contribution in [0, 0.1) is 0 Å². The topological polar surface area (TPSA) is 69.7 Å². The number of amides is 2. The smallest absolute Gasteiger partial charge is 0.317 e. The molecule has 0 aromatic heterocycles. The zero-order valence-electron chi connectivity index (χ0n) is 14.3. The molecule has 0 unspecified atom stereocenters. The zero-order valence-corrected chi connectivity index (χ0v) is 16.7. The highest BCUT2D eigenvalue weighted by Gasteiger charge is 2.27. The molecule has 1 aliphatic heterocycles. The first-order valence-corrected chi connectivity index (χ1v) is 10.5. The van der Waals surface area contributed by atoms with Crippen molar-refractivity contribution in [3.8, 4) is 0 Å². The van der Waals surface area contributed by atoms with Gasteiger partial charge in [0.15, 0.2) is 0 Å². The number of piperidine rings is 1. The number of hydrogen-bond acceptors (Lipinski definition) is 3. The molecule has 2 rings (SSSR count). The van der Waals surface area contributed by atoms with Crippen LogP contribution in [0.1, 0.15) is 25.3 Å². The van der Waals surface area contributed by atoms with E-state index in [-0.39, 0.29) is 17.8 Å². The first kappa shape index (κ1) is 20.3. The van der Waals surface area contributed by atoms with Crippen molar-refractivity contribution in [2.24, 2.45) is 0 Å². The van der Waals surface area contributed by atoms with Crippen LogP contribution in [0.4, 0.5) is 4.79 Å². The summed E-state index contributed by atoms with van der Waals surface area (Å²) in [6, 6.07) is 4.94. The van der Waals surface area contributed by atoms with E-state index in [9.17, 15) is 13.2 Å². The van der Waals surface area contributed by atoms with Gasteiger partial charge in [0.05, 0.1) is 5.75 Å². The number of carbonyl (C=O) groups excluding carboxylic acids is 1. The number of carbonyl (C=O) groups is 1. The highest BCUT2D eigenvalue weighted by molar-refractivity contribution is 7.89. The van der Waals surface area contributed by atoms with Crippen LogP contribution in [0.5, 0.6) is 0 Å². The Bertz CT molecular complexity index is 719. The fourth-order valence-corrected chi connectivity index (χ4v) is 4.32. The molecule has 6 nitrogen and oxygen atoms in total. The van der Waals surface area contributed by atoms with Crippen LogP contribution < -0.4 is 5.32 Å². The fourth-order valence-electron chi connectivity index (χ4n) is 2.72. The van der Waals surface area contributed by atoms with Crippen molar-refractivity contribution in [1.29, 1.82) is 0 Å². The second-order valence-electron chi connectivity index (χ2n) is 6.12. The van der Waals surface area contributed by atoms with Crippen LogP contribution in [0.25, 0.3) is 0 Å². The minimum Gasteiger partial charge on any atom is -0.335 e. The number of benzene rings is 1. The third kappa shape index (κ3) is 5.48. The minimum atomic E-state index is -3.15. The summed E-state index contributed by atoms with van der Waals surface area (Å²) in [5, 5.41) is 4.03. The Balaban J connectivity index is 1.86. The van der Waals surface area contributed by atoms with E-state index in [4.69, 9.17) is 23.2 Å². The van der Waals surface area contributed by atoms with Gasteiger partial charge in [0.1, 0.15) is 0 Å². The largest absolute Gasteiger partial charge is 0.335 e. The summed E-state index contributed by atoms with van der Waals surface area (Å²) in [6.07, 6.45) is 1.22. The van der Waals surface area contributed by atoms with Gasteiger partial charge in [-0.25, -0.2) is 17.5 Å². The van der Waals surface area contributed by atoms with Gasteiger partial charge < -0.3 is 10.2 Å². The summed E-state index contributed by atoms with van der Waals surface area (Å²) >= 11 is 12.0. The average molecular weight is 408 g/mol. The molecule has 25 heavy (non-hydrogen) atoms. The predicted molar refractivity (Wildman–Crippen MR) is 101 cm³/mol. The van der Waals surface area contributed by atoms with E-state index in [1.807, 2.05) is 0 Å². The molecule has 9 heteroatoms. The van der Waals surface area contributed by atoms with E-state index in [1.165, 1.54) is 4.31 Å². The highest BCUT2D eigenvalue weighted by atomic mass is 35.5. The number of rotatable bonds is 5. The first-order valence-electron chi connectivity index (χ1n) is 8.16. The number of nitrogens with one attached hydrogen (secondary N) is 1. The monoisotopic (exact) mass is 407 g/mol. The summed E-state index contributed by atoms with van der Waals surface area (Å²) in [5.41, 5.74) is 0.813. The molecule has 1 N–H and O–H groups in total. The minimum absolute atomic E-state index is 0.0288. The Labute approximate surface area is 159 Å². The van der Waals surface area contributed by atoms with Crippen molar-refractivity contribution in [3.63, 3.8) is 0 Å². The van der Waals surface area contributed by atoms with Crippen LogP contribution in [-0.2, 0) is 16.6 Å². The van der Waals surface area contributed by atoms with Crippen molar-refractivity contribution < 1.29 is 13.2 Å². The fraction of sp³-hybridized carbons (Fsp3) is 0.562. The van der Waals surface area contributed by atoms with Gasteiger partial charge in [-0.15, -0.1) is 0 Å². The standard InChI is InChI=1S/C16H23Cl2N3O3S/c1-3-25(23,24)21-8-6-14(7-9-21)19-16(22)20(2)11-12-4-5-13(17)10-15(12)18/h4-5,10,14H,3,6-9,11H2,1-2H3,(H,19,22). The summed E-state index contributed by atoms with van der Waals surface area (Å²) in [7, 11) is -1.46. The molecule has 1 aromatic rings. The van der Waals surface area contributed by atoms with Gasteiger partial charge in [0.2, 0.25) is 10.0 Å². The SMILES string of the molecule is CCS(=O)(=O)N1CCC(NC(=O)N(C)Cc2ccc(Cl)cc2Cl)CC1. The molecule has 1 saturated heterocycles. The predicted octanol–water partition coefficient (Wildman–Crippen LogP) is 2.95. The van der Waals surface area contributed by atoms with Gasteiger partial charge >= 0.3 is 6.03 Å². The van der Waals surface area contributed by atoms with Gasteiger partial charge in [-0.1, -0.05) is 29.3 Å². The normalized spacial score (nSPS) is 16.6. The van der Waals surface area contributed by atoms with Gasteiger partial charge in [-0.2, -0.15) is 0 Å².